The van der Waals surface area contributed by atoms with E-state index in [0.717, 1.165) is 35.7 Å². The monoisotopic (exact) mass is 488 g/mol. The number of nitrogens with zero attached hydrogens (tertiary/aromatic N) is 1. The number of anilines is 2. The second kappa shape index (κ2) is 10.5. The average Bonchev–Trinajstić information content (AvgIpc) is 3.29. The molecule has 1 aliphatic heterocycles. The topological polar surface area (TPSA) is 87.5 Å². The zero-order valence-electron chi connectivity index (χ0n) is 19.3. The number of benzene rings is 1. The lowest BCUT2D eigenvalue weighted by molar-refractivity contribution is 0.100. The minimum atomic E-state index is -0.512. The molecule has 2 heterocycles. The Morgan fingerprint density at radius 1 is 1.09 bits per heavy atom. The smallest absolute Gasteiger partial charge is 0.324 e. The van der Waals surface area contributed by atoms with Crippen molar-refractivity contribution < 1.29 is 9.59 Å². The summed E-state index contributed by atoms with van der Waals surface area (Å²) < 4.78 is 0. The molecule has 2 atom stereocenters. The van der Waals surface area contributed by atoms with Crippen LogP contribution in [-0.2, 0) is 0 Å². The maximum absolute atomic E-state index is 12.7. The summed E-state index contributed by atoms with van der Waals surface area (Å²) in [4.78, 5) is 28.8. The fraction of sp³-hybridized carbons (Fsp3) is 0.520. The molecule has 2 unspecified atom stereocenters. The van der Waals surface area contributed by atoms with Gasteiger partial charge in [-0.25, -0.2) is 4.79 Å². The van der Waals surface area contributed by atoms with Gasteiger partial charge in [0.25, 0.3) is 5.91 Å². The van der Waals surface area contributed by atoms with Crippen molar-refractivity contribution in [2.45, 2.75) is 70.9 Å². The standard InChI is InChI=1S/C25H33ClN4O2S/c1-15-8-13-20(30(15)14-17-6-4-3-5-7-17)22-16(2)21(23(27)31)24(33-22)29-25(32)28-19-11-9-18(26)10-12-19/h9-12,15,17,20H,3-8,13-14H2,1-2H3,(H2,27,31)(H2,28,29,32). The van der Waals surface area contributed by atoms with Crippen molar-refractivity contribution >= 4 is 45.6 Å². The van der Waals surface area contributed by atoms with Crippen LogP contribution in [0.25, 0.3) is 0 Å². The van der Waals surface area contributed by atoms with Gasteiger partial charge in [-0.2, -0.15) is 0 Å². The third-order valence-electron chi connectivity index (χ3n) is 7.08. The van der Waals surface area contributed by atoms with E-state index in [9.17, 15) is 9.59 Å². The SMILES string of the molecule is Cc1c(C2CCC(C)N2CC2CCCCC2)sc(NC(=O)Nc2ccc(Cl)cc2)c1C(N)=O. The van der Waals surface area contributed by atoms with Crippen molar-refractivity contribution in [2.24, 2.45) is 11.7 Å². The maximum atomic E-state index is 12.7. The van der Waals surface area contributed by atoms with Gasteiger partial charge in [-0.3, -0.25) is 15.0 Å². The number of halogens is 1. The van der Waals surface area contributed by atoms with Gasteiger partial charge in [0, 0.05) is 34.2 Å². The van der Waals surface area contributed by atoms with E-state index >= 15 is 0 Å². The molecule has 1 saturated heterocycles. The highest BCUT2D eigenvalue weighted by molar-refractivity contribution is 7.17. The van der Waals surface area contributed by atoms with Crippen molar-refractivity contribution in [1.82, 2.24) is 4.90 Å². The van der Waals surface area contributed by atoms with Crippen LogP contribution >= 0.6 is 22.9 Å². The Morgan fingerprint density at radius 3 is 2.45 bits per heavy atom. The summed E-state index contributed by atoms with van der Waals surface area (Å²) in [7, 11) is 0. The minimum Gasteiger partial charge on any atom is -0.365 e. The first kappa shape index (κ1) is 24.0. The van der Waals surface area contributed by atoms with E-state index in [-0.39, 0.29) is 6.04 Å². The van der Waals surface area contributed by atoms with Crippen LogP contribution in [0.3, 0.4) is 0 Å². The molecule has 1 aromatic heterocycles. The number of nitrogens with two attached hydrogens (primary N) is 1. The Hall–Kier alpha value is -2.09. The summed E-state index contributed by atoms with van der Waals surface area (Å²) in [5, 5.41) is 6.76. The number of thiophene rings is 1. The molecule has 3 amide bonds. The van der Waals surface area contributed by atoms with Crippen molar-refractivity contribution in [2.75, 3.05) is 17.2 Å². The number of carbonyl (C=O) groups is 2. The lowest BCUT2D eigenvalue weighted by Gasteiger charge is -2.33. The zero-order chi connectivity index (χ0) is 23.5. The molecule has 1 aliphatic carbocycles. The molecule has 4 rings (SSSR count). The first-order valence-corrected chi connectivity index (χ1v) is 13.0. The first-order valence-electron chi connectivity index (χ1n) is 11.9. The molecule has 178 valence electrons. The van der Waals surface area contributed by atoms with Crippen molar-refractivity contribution in [3.05, 3.63) is 45.3 Å². The van der Waals surface area contributed by atoms with Crippen LogP contribution in [0.2, 0.25) is 5.02 Å². The Labute approximate surface area is 204 Å². The van der Waals surface area contributed by atoms with Crippen LogP contribution in [0, 0.1) is 12.8 Å². The lowest BCUT2D eigenvalue weighted by Crippen LogP contribution is -2.35. The summed E-state index contributed by atoms with van der Waals surface area (Å²) in [6.07, 6.45) is 8.84. The Balaban J connectivity index is 1.54. The van der Waals surface area contributed by atoms with Gasteiger partial charge in [0.15, 0.2) is 0 Å². The van der Waals surface area contributed by atoms with Gasteiger partial charge in [0.1, 0.15) is 5.00 Å². The minimum absolute atomic E-state index is 0.264. The first-order chi connectivity index (χ1) is 15.8. The largest absolute Gasteiger partial charge is 0.365 e. The number of rotatable bonds is 6. The average molecular weight is 489 g/mol. The summed E-state index contributed by atoms with van der Waals surface area (Å²) in [5.41, 5.74) is 7.68. The van der Waals surface area contributed by atoms with Gasteiger partial charge in [-0.1, -0.05) is 30.9 Å². The molecule has 2 fully saturated rings. The summed E-state index contributed by atoms with van der Waals surface area (Å²) in [5.74, 6) is 0.238. The molecule has 0 spiro atoms. The molecule has 8 heteroatoms. The van der Waals surface area contributed by atoms with Crippen molar-refractivity contribution in [3.63, 3.8) is 0 Å². The number of nitrogens with one attached hydrogen (secondary N) is 2. The number of likely N-dealkylation sites (tertiary alicyclic amines) is 1. The Morgan fingerprint density at radius 2 is 1.79 bits per heavy atom. The van der Waals surface area contributed by atoms with Gasteiger partial charge in [0.05, 0.1) is 5.56 Å². The molecule has 1 aromatic carbocycles. The van der Waals surface area contributed by atoms with Crippen molar-refractivity contribution in [1.29, 1.82) is 0 Å². The highest BCUT2D eigenvalue weighted by Crippen LogP contribution is 2.45. The van der Waals surface area contributed by atoms with Gasteiger partial charge in [0.2, 0.25) is 0 Å². The highest BCUT2D eigenvalue weighted by Gasteiger charge is 2.36. The van der Waals surface area contributed by atoms with Crippen LogP contribution in [-0.4, -0.2) is 29.4 Å². The van der Waals surface area contributed by atoms with Crippen LogP contribution in [0.4, 0.5) is 15.5 Å². The molecule has 1 saturated carbocycles. The highest BCUT2D eigenvalue weighted by atomic mass is 35.5. The van der Waals surface area contributed by atoms with Gasteiger partial charge in [-0.15, -0.1) is 11.3 Å². The maximum Gasteiger partial charge on any atom is 0.324 e. The number of hydrogen-bond donors (Lipinski definition) is 3. The van der Waals surface area contributed by atoms with E-state index in [2.05, 4.69) is 22.5 Å². The normalized spacial score (nSPS) is 21.8. The van der Waals surface area contributed by atoms with Crippen LogP contribution in [0.5, 0.6) is 0 Å². The predicted octanol–water partition coefficient (Wildman–Crippen LogP) is 6.56. The van der Waals surface area contributed by atoms with Gasteiger partial charge in [-0.05, 0) is 75.3 Å². The Bertz CT molecular complexity index is 1000. The molecule has 6 nitrogen and oxygen atoms in total. The van der Waals surface area contributed by atoms with E-state index in [4.69, 9.17) is 17.3 Å². The molecule has 0 radical (unpaired) electrons. The van der Waals surface area contributed by atoms with Gasteiger partial charge < -0.3 is 11.1 Å². The molecular formula is C25H33ClN4O2S. The van der Waals surface area contributed by atoms with E-state index < -0.39 is 11.9 Å². The number of carbonyl (C=O) groups excluding carboxylic acids is 2. The van der Waals surface area contributed by atoms with E-state index in [1.54, 1.807) is 24.3 Å². The summed E-state index contributed by atoms with van der Waals surface area (Å²) in [6.45, 7) is 5.37. The zero-order valence-corrected chi connectivity index (χ0v) is 20.9. The van der Waals surface area contributed by atoms with E-state index in [0.29, 0.717) is 27.3 Å². The number of primary amides is 1. The van der Waals surface area contributed by atoms with Crippen LogP contribution in [0.15, 0.2) is 24.3 Å². The molecule has 33 heavy (non-hydrogen) atoms. The fourth-order valence-electron chi connectivity index (χ4n) is 5.33. The Kier molecular flexibility index (Phi) is 7.62. The number of hydrogen-bond acceptors (Lipinski definition) is 4. The van der Waals surface area contributed by atoms with Crippen LogP contribution < -0.4 is 16.4 Å². The number of amides is 3. The van der Waals surface area contributed by atoms with Crippen LogP contribution in [0.1, 0.15) is 78.7 Å². The fourth-order valence-corrected chi connectivity index (χ4v) is 6.82. The van der Waals surface area contributed by atoms with E-state index in [1.807, 2.05) is 6.92 Å². The predicted molar refractivity (Wildman–Crippen MR) is 136 cm³/mol. The third kappa shape index (κ3) is 5.53. The molecule has 2 aromatic rings. The number of urea groups is 1. The second-order valence-electron chi connectivity index (χ2n) is 9.39. The van der Waals surface area contributed by atoms with Gasteiger partial charge >= 0.3 is 6.03 Å². The molecule has 2 aliphatic rings. The summed E-state index contributed by atoms with van der Waals surface area (Å²) in [6, 6.07) is 7.24. The molecule has 4 N–H and O–H groups in total. The van der Waals surface area contributed by atoms with E-state index in [1.165, 1.54) is 43.4 Å². The molecule has 0 bridgehead atoms. The second-order valence-corrected chi connectivity index (χ2v) is 10.9. The molecular weight excluding hydrogens is 456 g/mol. The quantitative estimate of drug-likeness (QED) is 0.430. The van der Waals surface area contributed by atoms with Crippen molar-refractivity contribution in [3.8, 4) is 0 Å². The third-order valence-corrected chi connectivity index (χ3v) is 8.64. The summed E-state index contributed by atoms with van der Waals surface area (Å²) >= 11 is 7.40. The lowest BCUT2D eigenvalue weighted by atomic mass is 9.88.